The molecule has 0 spiro atoms. The molecule has 0 atom stereocenters. The summed E-state index contributed by atoms with van der Waals surface area (Å²) in [6.45, 7) is 4.11. The summed E-state index contributed by atoms with van der Waals surface area (Å²) < 4.78 is 5.17. The molecule has 146 valence electrons. The lowest BCUT2D eigenvalue weighted by atomic mass is 9.97. The van der Waals surface area contributed by atoms with Crippen molar-refractivity contribution < 1.29 is 9.21 Å². The first-order valence-corrected chi connectivity index (χ1v) is 9.15. The standard InChI is InChI=1S/C19H30N4O2.HI/c1-15-10-14-25-17(15)18(24)21-11-6-12-22-19(20-2)23-13-9-16-7-4-3-5-8-16;/h7,10,14H,3-6,8-9,11-13H2,1-2H3,(H,21,24)(H2,20,22,23);1H. The van der Waals surface area contributed by atoms with Gasteiger partial charge in [0.1, 0.15) is 0 Å². The van der Waals surface area contributed by atoms with E-state index in [4.69, 9.17) is 4.42 Å². The Hall–Kier alpha value is -1.51. The van der Waals surface area contributed by atoms with Gasteiger partial charge in [0, 0.05) is 32.2 Å². The number of hydrogen-bond acceptors (Lipinski definition) is 3. The molecular formula is C19H31IN4O2. The summed E-state index contributed by atoms with van der Waals surface area (Å²) in [5.74, 6) is 1.04. The molecule has 0 radical (unpaired) electrons. The highest BCUT2D eigenvalue weighted by Gasteiger charge is 2.11. The van der Waals surface area contributed by atoms with E-state index < -0.39 is 0 Å². The van der Waals surface area contributed by atoms with Crippen molar-refractivity contribution in [2.24, 2.45) is 4.99 Å². The van der Waals surface area contributed by atoms with Crippen LogP contribution in [-0.4, -0.2) is 38.5 Å². The quantitative estimate of drug-likeness (QED) is 0.178. The molecule has 0 aromatic carbocycles. The molecule has 0 saturated heterocycles. The van der Waals surface area contributed by atoms with Crippen molar-refractivity contribution in [3.63, 3.8) is 0 Å². The van der Waals surface area contributed by atoms with E-state index in [0.29, 0.717) is 12.3 Å². The first kappa shape index (κ1) is 22.5. The summed E-state index contributed by atoms with van der Waals surface area (Å²) >= 11 is 0. The molecule has 1 aliphatic rings. The Labute approximate surface area is 173 Å². The van der Waals surface area contributed by atoms with E-state index in [1.54, 1.807) is 18.7 Å². The Bertz CT molecular complexity index is 610. The minimum atomic E-state index is -0.161. The Kier molecular flexibility index (Phi) is 11.1. The number of halogens is 1. The number of carbonyl (C=O) groups is 1. The molecule has 6 nitrogen and oxygen atoms in total. The van der Waals surface area contributed by atoms with Gasteiger partial charge in [-0.05, 0) is 51.5 Å². The lowest BCUT2D eigenvalue weighted by Crippen LogP contribution is -2.39. The predicted octanol–water partition coefficient (Wildman–Crippen LogP) is 3.38. The van der Waals surface area contributed by atoms with E-state index in [-0.39, 0.29) is 29.9 Å². The van der Waals surface area contributed by atoms with Crippen molar-refractivity contribution in [3.05, 3.63) is 35.3 Å². The molecule has 1 aromatic rings. The average Bonchev–Trinajstić information content (AvgIpc) is 3.06. The Balaban J connectivity index is 0.00000338. The van der Waals surface area contributed by atoms with Crippen LogP contribution in [0.15, 0.2) is 33.4 Å². The van der Waals surface area contributed by atoms with E-state index in [1.165, 1.54) is 31.9 Å². The Morgan fingerprint density at radius 3 is 2.62 bits per heavy atom. The fourth-order valence-electron chi connectivity index (χ4n) is 2.88. The SMILES string of the molecule is CN=C(NCCCNC(=O)c1occc1C)NCCC1=CCCCC1.I. The molecule has 7 heteroatoms. The molecule has 0 unspecified atom stereocenters. The van der Waals surface area contributed by atoms with Crippen molar-refractivity contribution in [2.75, 3.05) is 26.7 Å². The molecular weight excluding hydrogens is 443 g/mol. The largest absolute Gasteiger partial charge is 0.459 e. The predicted molar refractivity (Wildman–Crippen MR) is 116 cm³/mol. The van der Waals surface area contributed by atoms with Gasteiger partial charge in [-0.2, -0.15) is 0 Å². The highest BCUT2D eigenvalue weighted by molar-refractivity contribution is 14.0. The number of allylic oxidation sites excluding steroid dienone is 1. The summed E-state index contributed by atoms with van der Waals surface area (Å²) in [5.41, 5.74) is 2.42. The smallest absolute Gasteiger partial charge is 0.287 e. The van der Waals surface area contributed by atoms with Gasteiger partial charge in [0.15, 0.2) is 11.7 Å². The van der Waals surface area contributed by atoms with Gasteiger partial charge in [-0.15, -0.1) is 24.0 Å². The summed E-state index contributed by atoms with van der Waals surface area (Å²) in [6.07, 6.45) is 10.9. The van der Waals surface area contributed by atoms with Crippen LogP contribution in [0.25, 0.3) is 0 Å². The van der Waals surface area contributed by atoms with Crippen LogP contribution in [-0.2, 0) is 0 Å². The third kappa shape index (κ3) is 7.80. The topological polar surface area (TPSA) is 78.7 Å². The van der Waals surface area contributed by atoms with E-state index in [2.05, 4.69) is 27.0 Å². The summed E-state index contributed by atoms with van der Waals surface area (Å²) in [7, 11) is 1.77. The number of aliphatic imine (C=N–C) groups is 1. The number of rotatable bonds is 8. The van der Waals surface area contributed by atoms with Crippen molar-refractivity contribution in [2.45, 2.75) is 45.4 Å². The molecule has 0 bridgehead atoms. The number of aryl methyl sites for hydroxylation is 1. The van der Waals surface area contributed by atoms with E-state index in [0.717, 1.165) is 37.5 Å². The van der Waals surface area contributed by atoms with Crippen molar-refractivity contribution in [1.82, 2.24) is 16.0 Å². The van der Waals surface area contributed by atoms with Crippen LogP contribution >= 0.6 is 24.0 Å². The number of amides is 1. The minimum absolute atomic E-state index is 0. The minimum Gasteiger partial charge on any atom is -0.459 e. The van der Waals surface area contributed by atoms with Crippen LogP contribution in [0, 0.1) is 6.92 Å². The summed E-state index contributed by atoms with van der Waals surface area (Å²) in [6, 6.07) is 1.79. The Morgan fingerprint density at radius 1 is 1.19 bits per heavy atom. The molecule has 1 aliphatic carbocycles. The van der Waals surface area contributed by atoms with E-state index in [1.807, 2.05) is 6.92 Å². The number of guanidine groups is 1. The average molecular weight is 474 g/mol. The zero-order chi connectivity index (χ0) is 17.9. The lowest BCUT2D eigenvalue weighted by molar-refractivity contribution is 0.0925. The van der Waals surface area contributed by atoms with Crippen molar-refractivity contribution in [1.29, 1.82) is 0 Å². The molecule has 26 heavy (non-hydrogen) atoms. The van der Waals surface area contributed by atoms with Crippen LogP contribution in [0.1, 0.15) is 54.6 Å². The second-order valence-corrected chi connectivity index (χ2v) is 6.33. The summed E-state index contributed by atoms with van der Waals surface area (Å²) in [5, 5.41) is 9.48. The maximum absolute atomic E-state index is 11.9. The second-order valence-electron chi connectivity index (χ2n) is 6.33. The van der Waals surface area contributed by atoms with Gasteiger partial charge >= 0.3 is 0 Å². The maximum atomic E-state index is 11.9. The highest BCUT2D eigenvalue weighted by atomic mass is 127. The number of nitrogens with one attached hydrogen (secondary N) is 3. The normalized spacial score (nSPS) is 14.2. The Morgan fingerprint density at radius 2 is 1.96 bits per heavy atom. The van der Waals surface area contributed by atoms with Crippen LogP contribution in [0.2, 0.25) is 0 Å². The highest BCUT2D eigenvalue weighted by Crippen LogP contribution is 2.19. The van der Waals surface area contributed by atoms with Crippen molar-refractivity contribution in [3.8, 4) is 0 Å². The molecule has 1 amide bonds. The van der Waals surface area contributed by atoms with Gasteiger partial charge in [0.25, 0.3) is 5.91 Å². The fourth-order valence-corrected chi connectivity index (χ4v) is 2.88. The van der Waals surface area contributed by atoms with E-state index in [9.17, 15) is 4.79 Å². The fraction of sp³-hybridized carbons (Fsp3) is 0.579. The lowest BCUT2D eigenvalue weighted by Gasteiger charge is -2.15. The van der Waals surface area contributed by atoms with Gasteiger partial charge < -0.3 is 20.4 Å². The zero-order valence-electron chi connectivity index (χ0n) is 15.8. The van der Waals surface area contributed by atoms with Gasteiger partial charge in [-0.1, -0.05) is 11.6 Å². The first-order valence-electron chi connectivity index (χ1n) is 9.15. The van der Waals surface area contributed by atoms with Gasteiger partial charge in [0.2, 0.25) is 0 Å². The van der Waals surface area contributed by atoms with Crippen LogP contribution < -0.4 is 16.0 Å². The number of nitrogens with zero attached hydrogens (tertiary/aromatic N) is 1. The molecule has 1 aromatic heterocycles. The molecule has 0 fully saturated rings. The third-order valence-corrected chi connectivity index (χ3v) is 4.35. The van der Waals surface area contributed by atoms with E-state index >= 15 is 0 Å². The molecule has 0 aliphatic heterocycles. The van der Waals surface area contributed by atoms with Crippen LogP contribution in [0.3, 0.4) is 0 Å². The van der Waals surface area contributed by atoms with Gasteiger partial charge in [-0.3, -0.25) is 9.79 Å². The zero-order valence-corrected chi connectivity index (χ0v) is 18.1. The number of furan rings is 1. The number of hydrogen-bond donors (Lipinski definition) is 3. The maximum Gasteiger partial charge on any atom is 0.287 e. The van der Waals surface area contributed by atoms with Gasteiger partial charge in [-0.25, -0.2) is 0 Å². The van der Waals surface area contributed by atoms with Crippen molar-refractivity contribution >= 4 is 35.8 Å². The molecule has 0 saturated carbocycles. The van der Waals surface area contributed by atoms with Crippen LogP contribution in [0.5, 0.6) is 0 Å². The molecule has 1 heterocycles. The molecule has 3 N–H and O–H groups in total. The number of carbonyl (C=O) groups excluding carboxylic acids is 1. The third-order valence-electron chi connectivity index (χ3n) is 4.35. The van der Waals surface area contributed by atoms with Crippen LogP contribution in [0.4, 0.5) is 0 Å². The molecule has 2 rings (SSSR count). The second kappa shape index (κ2) is 12.8. The monoisotopic (exact) mass is 474 g/mol. The summed E-state index contributed by atoms with van der Waals surface area (Å²) in [4.78, 5) is 16.1. The van der Waals surface area contributed by atoms with Gasteiger partial charge in [0.05, 0.1) is 6.26 Å². The first-order chi connectivity index (χ1) is 12.2.